The number of anilines is 1. The zero-order valence-corrected chi connectivity index (χ0v) is 17.8. The summed E-state index contributed by atoms with van der Waals surface area (Å²) < 4.78 is 1.97. The summed E-state index contributed by atoms with van der Waals surface area (Å²) in [6.07, 6.45) is 2.18. The lowest BCUT2D eigenvalue weighted by molar-refractivity contribution is -0.118. The predicted octanol–water partition coefficient (Wildman–Crippen LogP) is 5.35. The molecule has 1 amide bonds. The van der Waals surface area contributed by atoms with Crippen LogP contribution in [0.5, 0.6) is 0 Å². The van der Waals surface area contributed by atoms with E-state index in [0.717, 1.165) is 16.5 Å². The molecule has 1 unspecified atom stereocenters. The Morgan fingerprint density at radius 1 is 1.13 bits per heavy atom. The van der Waals surface area contributed by atoms with Crippen LogP contribution < -0.4 is 4.90 Å². The molecule has 4 rings (SSSR count). The lowest BCUT2D eigenvalue weighted by atomic mass is 9.92. The van der Waals surface area contributed by atoms with Gasteiger partial charge >= 0.3 is 0 Å². The Bertz CT molecular complexity index is 1170. The Labute approximate surface area is 180 Å². The molecule has 5 nitrogen and oxygen atoms in total. The SMILES string of the molecule is CC(C)CC(=O)C1=C(O)C(=O)N(c2ccc(Cl)cc2)C1c1cn(C)c2ccccc12. The number of hydrogen-bond donors (Lipinski definition) is 1. The molecule has 0 bridgehead atoms. The minimum atomic E-state index is -0.712. The Kier molecular flexibility index (Phi) is 5.16. The van der Waals surface area contributed by atoms with Gasteiger partial charge < -0.3 is 9.67 Å². The third kappa shape index (κ3) is 3.29. The molecule has 2 heterocycles. The minimum absolute atomic E-state index is 0.102. The third-order valence-corrected chi connectivity index (χ3v) is 5.68. The van der Waals surface area contributed by atoms with E-state index < -0.39 is 17.7 Å². The number of para-hydroxylation sites is 1. The summed E-state index contributed by atoms with van der Waals surface area (Å²) in [4.78, 5) is 27.8. The van der Waals surface area contributed by atoms with Gasteiger partial charge in [0.05, 0.1) is 11.6 Å². The number of benzene rings is 2. The maximum Gasteiger partial charge on any atom is 0.294 e. The van der Waals surface area contributed by atoms with Gasteiger partial charge in [-0.1, -0.05) is 43.6 Å². The number of carbonyl (C=O) groups excluding carboxylic acids is 2. The Hall–Kier alpha value is -3.05. The summed E-state index contributed by atoms with van der Waals surface area (Å²) in [6, 6.07) is 13.9. The van der Waals surface area contributed by atoms with Crippen molar-refractivity contribution >= 4 is 39.9 Å². The molecule has 6 heteroatoms. The number of nitrogens with zero attached hydrogens (tertiary/aromatic N) is 2. The maximum absolute atomic E-state index is 13.1. The molecule has 2 aromatic carbocycles. The summed E-state index contributed by atoms with van der Waals surface area (Å²) in [5.74, 6) is -1.17. The summed E-state index contributed by atoms with van der Waals surface area (Å²) in [6.45, 7) is 3.88. The van der Waals surface area contributed by atoms with E-state index in [1.54, 1.807) is 24.3 Å². The van der Waals surface area contributed by atoms with Crippen molar-refractivity contribution in [3.05, 3.63) is 76.6 Å². The van der Waals surface area contributed by atoms with E-state index in [-0.39, 0.29) is 23.7 Å². The van der Waals surface area contributed by atoms with Crippen LogP contribution in [0.2, 0.25) is 5.02 Å². The molecule has 0 radical (unpaired) electrons. The highest BCUT2D eigenvalue weighted by molar-refractivity contribution is 6.30. The van der Waals surface area contributed by atoms with Crippen molar-refractivity contribution in [3.63, 3.8) is 0 Å². The lowest BCUT2D eigenvalue weighted by Crippen LogP contribution is -2.31. The van der Waals surface area contributed by atoms with Gasteiger partial charge in [-0.25, -0.2) is 0 Å². The monoisotopic (exact) mass is 422 g/mol. The van der Waals surface area contributed by atoms with Gasteiger partial charge in [0.2, 0.25) is 0 Å². The van der Waals surface area contributed by atoms with Crippen molar-refractivity contribution in [2.75, 3.05) is 4.90 Å². The standard InChI is InChI=1S/C24H23ClN2O3/c1-14(2)12-20(28)21-22(18-13-26(3)19-7-5-4-6-17(18)19)27(24(30)23(21)29)16-10-8-15(25)9-11-16/h4-11,13-14,22,29H,12H2,1-3H3. The fourth-order valence-electron chi connectivity index (χ4n) is 4.12. The molecule has 0 aliphatic carbocycles. The second-order valence-electron chi connectivity index (χ2n) is 8.05. The number of hydrogen-bond acceptors (Lipinski definition) is 3. The van der Waals surface area contributed by atoms with E-state index in [9.17, 15) is 14.7 Å². The molecule has 0 spiro atoms. The number of carbonyl (C=O) groups is 2. The first-order valence-electron chi connectivity index (χ1n) is 9.89. The van der Waals surface area contributed by atoms with Crippen LogP contribution in [0.1, 0.15) is 31.9 Å². The number of rotatable bonds is 5. The van der Waals surface area contributed by atoms with Gasteiger partial charge in [-0.15, -0.1) is 0 Å². The van der Waals surface area contributed by atoms with E-state index >= 15 is 0 Å². The average Bonchev–Trinajstić information content (AvgIpc) is 3.17. The van der Waals surface area contributed by atoms with Crippen molar-refractivity contribution in [3.8, 4) is 0 Å². The van der Waals surface area contributed by atoms with E-state index in [1.165, 1.54) is 4.90 Å². The van der Waals surface area contributed by atoms with Crippen molar-refractivity contribution in [2.24, 2.45) is 13.0 Å². The van der Waals surface area contributed by atoms with Gasteiger partial charge in [0, 0.05) is 46.8 Å². The average molecular weight is 423 g/mol. The number of ketones is 1. The first kappa shape index (κ1) is 20.2. The molecular formula is C24H23ClN2O3. The highest BCUT2D eigenvalue weighted by Gasteiger charge is 2.45. The Morgan fingerprint density at radius 2 is 1.80 bits per heavy atom. The van der Waals surface area contributed by atoms with Gasteiger partial charge in [-0.2, -0.15) is 0 Å². The lowest BCUT2D eigenvalue weighted by Gasteiger charge is -2.26. The van der Waals surface area contributed by atoms with Crippen LogP contribution in [-0.4, -0.2) is 21.4 Å². The molecule has 1 N–H and O–H groups in total. The van der Waals surface area contributed by atoms with Crippen LogP contribution in [0.3, 0.4) is 0 Å². The zero-order chi connectivity index (χ0) is 21.6. The first-order valence-corrected chi connectivity index (χ1v) is 10.3. The Balaban J connectivity index is 1.94. The molecule has 154 valence electrons. The minimum Gasteiger partial charge on any atom is -0.503 e. The number of Topliss-reactive ketones (excluding diaryl/α,β-unsaturated/α-hetero) is 1. The summed E-state index contributed by atoms with van der Waals surface area (Å²) in [5, 5.41) is 12.2. The van der Waals surface area contributed by atoms with Gasteiger partial charge in [-0.05, 0) is 36.2 Å². The van der Waals surface area contributed by atoms with Crippen LogP contribution in [0.25, 0.3) is 10.9 Å². The fourth-order valence-corrected chi connectivity index (χ4v) is 4.25. The number of halogens is 1. The van der Waals surface area contributed by atoms with Gasteiger partial charge in [0.25, 0.3) is 5.91 Å². The van der Waals surface area contributed by atoms with Crippen LogP contribution in [0.15, 0.2) is 66.1 Å². The summed E-state index contributed by atoms with van der Waals surface area (Å²) >= 11 is 6.03. The molecule has 1 aliphatic rings. The molecule has 1 atom stereocenters. The van der Waals surface area contributed by atoms with Crippen molar-refractivity contribution < 1.29 is 14.7 Å². The summed E-state index contributed by atoms with van der Waals surface area (Å²) in [5.41, 5.74) is 2.51. The molecule has 1 aliphatic heterocycles. The Morgan fingerprint density at radius 3 is 2.47 bits per heavy atom. The number of aromatic nitrogens is 1. The quantitative estimate of drug-likeness (QED) is 0.603. The van der Waals surface area contributed by atoms with Crippen LogP contribution in [0.4, 0.5) is 5.69 Å². The highest BCUT2D eigenvalue weighted by atomic mass is 35.5. The van der Waals surface area contributed by atoms with E-state index in [2.05, 4.69) is 0 Å². The zero-order valence-electron chi connectivity index (χ0n) is 17.1. The fraction of sp³-hybridized carbons (Fsp3) is 0.250. The highest BCUT2D eigenvalue weighted by Crippen LogP contribution is 2.44. The second-order valence-corrected chi connectivity index (χ2v) is 8.49. The topological polar surface area (TPSA) is 62.5 Å². The maximum atomic E-state index is 13.1. The molecule has 1 aromatic heterocycles. The van der Waals surface area contributed by atoms with Crippen LogP contribution in [-0.2, 0) is 16.6 Å². The predicted molar refractivity (Wildman–Crippen MR) is 119 cm³/mol. The van der Waals surface area contributed by atoms with E-state index in [0.29, 0.717) is 10.7 Å². The van der Waals surface area contributed by atoms with Crippen LogP contribution >= 0.6 is 11.6 Å². The molecule has 0 saturated heterocycles. The van der Waals surface area contributed by atoms with Gasteiger partial charge in [0.15, 0.2) is 11.5 Å². The third-order valence-electron chi connectivity index (χ3n) is 5.43. The molecule has 30 heavy (non-hydrogen) atoms. The number of fused-ring (bicyclic) bond motifs is 1. The van der Waals surface area contributed by atoms with Crippen molar-refractivity contribution in [1.29, 1.82) is 0 Å². The van der Waals surface area contributed by atoms with Crippen LogP contribution in [0, 0.1) is 5.92 Å². The van der Waals surface area contributed by atoms with Crippen molar-refractivity contribution in [1.82, 2.24) is 4.57 Å². The number of aliphatic hydroxyl groups excluding tert-OH is 1. The number of amides is 1. The largest absolute Gasteiger partial charge is 0.503 e. The molecule has 0 saturated carbocycles. The smallest absolute Gasteiger partial charge is 0.294 e. The van der Waals surface area contributed by atoms with Crippen molar-refractivity contribution in [2.45, 2.75) is 26.3 Å². The molecule has 0 fully saturated rings. The van der Waals surface area contributed by atoms with E-state index in [1.807, 2.05) is 55.9 Å². The molecular weight excluding hydrogens is 400 g/mol. The van der Waals surface area contributed by atoms with E-state index in [4.69, 9.17) is 11.6 Å². The molecule has 3 aromatic rings. The summed E-state index contributed by atoms with van der Waals surface area (Å²) in [7, 11) is 1.93. The second kappa shape index (κ2) is 7.65. The van der Waals surface area contributed by atoms with Gasteiger partial charge in [0.1, 0.15) is 0 Å². The number of aliphatic hydroxyl groups is 1. The first-order chi connectivity index (χ1) is 14.3. The van der Waals surface area contributed by atoms with Gasteiger partial charge in [-0.3, -0.25) is 14.5 Å². The normalized spacial score (nSPS) is 16.9. The number of aryl methyl sites for hydroxylation is 1.